The second-order valence-corrected chi connectivity index (χ2v) is 7.41. The van der Waals surface area contributed by atoms with Gasteiger partial charge in [-0.2, -0.15) is 0 Å². The Morgan fingerprint density at radius 3 is 2.76 bits per heavy atom. The second-order valence-electron chi connectivity index (χ2n) is 4.59. The number of fused-ring (bicyclic) bond motifs is 1. The fraction of sp³-hybridized carbons (Fsp3) is 0.200. The molecule has 0 amide bonds. The van der Waals surface area contributed by atoms with Gasteiger partial charge in [0.25, 0.3) is 5.56 Å². The average molecular weight is 384 g/mol. The van der Waals surface area contributed by atoms with E-state index < -0.39 is 0 Å². The van der Waals surface area contributed by atoms with Crippen LogP contribution in [-0.4, -0.2) is 9.55 Å². The summed E-state index contributed by atoms with van der Waals surface area (Å²) in [5.74, 6) is 0.852. The minimum absolute atomic E-state index is 0.0214. The molecule has 3 rings (SSSR count). The Balaban J connectivity index is 2.00. The van der Waals surface area contributed by atoms with Crippen molar-refractivity contribution in [3.05, 3.63) is 61.2 Å². The first-order chi connectivity index (χ1) is 10.2. The van der Waals surface area contributed by atoms with Crippen molar-refractivity contribution in [1.82, 2.24) is 9.55 Å². The molecule has 108 valence electrons. The van der Waals surface area contributed by atoms with E-state index >= 15 is 0 Å². The zero-order valence-corrected chi connectivity index (χ0v) is 14.2. The van der Waals surface area contributed by atoms with E-state index in [1.54, 1.807) is 22.0 Å². The van der Waals surface area contributed by atoms with Crippen LogP contribution in [0.4, 0.5) is 0 Å². The summed E-state index contributed by atoms with van der Waals surface area (Å²) >= 11 is 11.1. The Morgan fingerprint density at radius 1 is 1.24 bits per heavy atom. The Hall–Kier alpha value is -1.17. The molecule has 0 aliphatic heterocycles. The highest BCUT2D eigenvalue weighted by atomic mass is 79.9. The molecule has 0 bridgehead atoms. The number of hydrogen-bond acceptors (Lipinski definition) is 3. The number of aromatic nitrogens is 2. The maximum atomic E-state index is 12.6. The Bertz CT molecular complexity index is 843. The maximum absolute atomic E-state index is 12.6. The quantitative estimate of drug-likeness (QED) is 0.633. The van der Waals surface area contributed by atoms with E-state index in [2.05, 4.69) is 27.0 Å². The number of halogens is 2. The molecule has 0 fully saturated rings. The molecule has 0 atom stereocenters. The molecule has 0 unspecified atom stereocenters. The van der Waals surface area contributed by atoms with Crippen molar-refractivity contribution >= 4 is 49.8 Å². The van der Waals surface area contributed by atoms with Crippen molar-refractivity contribution in [2.24, 2.45) is 0 Å². The van der Waals surface area contributed by atoms with Crippen LogP contribution >= 0.6 is 38.9 Å². The van der Waals surface area contributed by atoms with E-state index in [1.165, 1.54) is 4.88 Å². The SMILES string of the molecule is O=c1c2ccccc2nc(CCl)n1CCc1ccc(Br)s1. The van der Waals surface area contributed by atoms with Crippen LogP contribution in [0.2, 0.25) is 0 Å². The fourth-order valence-electron chi connectivity index (χ4n) is 2.25. The van der Waals surface area contributed by atoms with Crippen molar-refractivity contribution in [2.75, 3.05) is 0 Å². The normalized spacial score (nSPS) is 11.1. The Morgan fingerprint density at radius 2 is 2.05 bits per heavy atom. The zero-order valence-electron chi connectivity index (χ0n) is 11.1. The van der Waals surface area contributed by atoms with E-state index in [4.69, 9.17) is 11.6 Å². The van der Waals surface area contributed by atoms with Crippen molar-refractivity contribution in [3.8, 4) is 0 Å². The predicted molar refractivity (Wildman–Crippen MR) is 91.3 cm³/mol. The van der Waals surface area contributed by atoms with Gasteiger partial charge in [-0.3, -0.25) is 9.36 Å². The van der Waals surface area contributed by atoms with Gasteiger partial charge < -0.3 is 0 Å². The predicted octanol–water partition coefficient (Wildman–Crippen LogP) is 4.20. The molecular formula is C15H12BrClN2OS. The first kappa shape index (κ1) is 14.8. The fourth-order valence-corrected chi connectivity index (χ4v) is 3.93. The summed E-state index contributed by atoms with van der Waals surface area (Å²) in [6, 6.07) is 11.5. The van der Waals surface area contributed by atoms with Gasteiger partial charge in [-0.25, -0.2) is 4.98 Å². The lowest BCUT2D eigenvalue weighted by molar-refractivity contribution is 0.638. The smallest absolute Gasteiger partial charge is 0.261 e. The Labute approximate surface area is 139 Å². The number of thiophene rings is 1. The molecule has 3 nitrogen and oxygen atoms in total. The largest absolute Gasteiger partial charge is 0.295 e. The minimum atomic E-state index is -0.0214. The lowest BCUT2D eigenvalue weighted by Gasteiger charge is -2.11. The summed E-state index contributed by atoms with van der Waals surface area (Å²) in [4.78, 5) is 18.3. The van der Waals surface area contributed by atoms with Crippen molar-refractivity contribution < 1.29 is 0 Å². The van der Waals surface area contributed by atoms with Crippen LogP contribution < -0.4 is 5.56 Å². The highest BCUT2D eigenvalue weighted by Crippen LogP contribution is 2.22. The van der Waals surface area contributed by atoms with Crippen LogP contribution in [-0.2, 0) is 18.8 Å². The number of hydrogen-bond donors (Lipinski definition) is 0. The van der Waals surface area contributed by atoms with Crippen LogP contribution in [0.15, 0.2) is 45.0 Å². The summed E-state index contributed by atoms with van der Waals surface area (Å²) in [5.41, 5.74) is 0.681. The van der Waals surface area contributed by atoms with Gasteiger partial charge in [-0.05, 0) is 46.6 Å². The molecule has 0 N–H and O–H groups in total. The first-order valence-electron chi connectivity index (χ1n) is 6.47. The van der Waals surface area contributed by atoms with Gasteiger partial charge >= 0.3 is 0 Å². The molecule has 0 radical (unpaired) electrons. The number of para-hydroxylation sites is 1. The van der Waals surface area contributed by atoms with E-state index in [1.807, 2.05) is 24.3 Å². The molecule has 3 aromatic rings. The van der Waals surface area contributed by atoms with E-state index in [9.17, 15) is 4.79 Å². The maximum Gasteiger partial charge on any atom is 0.261 e. The molecule has 0 spiro atoms. The van der Waals surface area contributed by atoms with Crippen molar-refractivity contribution in [3.63, 3.8) is 0 Å². The van der Waals surface area contributed by atoms with Gasteiger partial charge in [0.05, 0.1) is 20.6 Å². The van der Waals surface area contributed by atoms with Crippen LogP contribution in [0.3, 0.4) is 0 Å². The minimum Gasteiger partial charge on any atom is -0.295 e. The molecular weight excluding hydrogens is 372 g/mol. The summed E-state index contributed by atoms with van der Waals surface area (Å²) in [5, 5.41) is 0.638. The van der Waals surface area contributed by atoms with Gasteiger partial charge in [-0.15, -0.1) is 22.9 Å². The number of nitrogens with zero attached hydrogens (tertiary/aromatic N) is 2. The molecule has 6 heteroatoms. The highest BCUT2D eigenvalue weighted by Gasteiger charge is 2.10. The van der Waals surface area contributed by atoms with Gasteiger partial charge in [0.1, 0.15) is 5.82 Å². The van der Waals surface area contributed by atoms with Gasteiger partial charge in [0, 0.05) is 11.4 Å². The molecule has 0 saturated carbocycles. The highest BCUT2D eigenvalue weighted by molar-refractivity contribution is 9.11. The number of aryl methyl sites for hydroxylation is 1. The summed E-state index contributed by atoms with van der Waals surface area (Å²) < 4.78 is 2.78. The van der Waals surface area contributed by atoms with Crippen LogP contribution in [0.5, 0.6) is 0 Å². The third kappa shape index (κ3) is 3.05. The molecule has 0 aliphatic carbocycles. The molecule has 2 aromatic heterocycles. The molecule has 2 heterocycles. The monoisotopic (exact) mass is 382 g/mol. The van der Waals surface area contributed by atoms with E-state index in [0.717, 1.165) is 10.2 Å². The number of rotatable bonds is 4. The topological polar surface area (TPSA) is 34.9 Å². The number of alkyl halides is 1. The summed E-state index contributed by atoms with van der Waals surface area (Å²) in [6.07, 6.45) is 0.792. The second kappa shape index (κ2) is 6.30. The number of benzene rings is 1. The first-order valence-corrected chi connectivity index (χ1v) is 8.62. The molecule has 0 aliphatic rings. The lowest BCUT2D eigenvalue weighted by Crippen LogP contribution is -2.25. The third-order valence-electron chi connectivity index (χ3n) is 3.27. The summed E-state index contributed by atoms with van der Waals surface area (Å²) in [7, 11) is 0. The van der Waals surface area contributed by atoms with E-state index in [0.29, 0.717) is 23.3 Å². The third-order valence-corrected chi connectivity index (χ3v) is 5.19. The van der Waals surface area contributed by atoms with Crippen molar-refractivity contribution in [1.29, 1.82) is 0 Å². The molecule has 21 heavy (non-hydrogen) atoms. The van der Waals surface area contributed by atoms with E-state index in [-0.39, 0.29) is 11.4 Å². The zero-order chi connectivity index (χ0) is 14.8. The molecule has 1 aromatic carbocycles. The van der Waals surface area contributed by atoms with Crippen LogP contribution in [0, 0.1) is 0 Å². The van der Waals surface area contributed by atoms with Crippen LogP contribution in [0.25, 0.3) is 10.9 Å². The van der Waals surface area contributed by atoms with Crippen LogP contribution in [0.1, 0.15) is 10.7 Å². The molecule has 0 saturated heterocycles. The Kier molecular flexibility index (Phi) is 4.42. The average Bonchev–Trinajstić information content (AvgIpc) is 2.91. The van der Waals surface area contributed by atoms with Crippen molar-refractivity contribution in [2.45, 2.75) is 18.8 Å². The lowest BCUT2D eigenvalue weighted by atomic mass is 10.2. The standard InChI is InChI=1S/C15H12BrClN2OS/c16-13-6-5-10(21-13)7-8-19-14(9-17)18-12-4-2-1-3-11(12)15(19)20/h1-6H,7-9H2. The van der Waals surface area contributed by atoms with Gasteiger partial charge in [0.15, 0.2) is 0 Å². The summed E-state index contributed by atoms with van der Waals surface area (Å²) in [6.45, 7) is 0.589. The van der Waals surface area contributed by atoms with Gasteiger partial charge in [0.2, 0.25) is 0 Å². The van der Waals surface area contributed by atoms with Gasteiger partial charge in [-0.1, -0.05) is 12.1 Å².